The van der Waals surface area contributed by atoms with Crippen molar-refractivity contribution in [3.63, 3.8) is 0 Å². The van der Waals surface area contributed by atoms with Crippen LogP contribution in [-0.2, 0) is 73.2 Å². The van der Waals surface area contributed by atoms with Crippen LogP contribution in [0.4, 0.5) is 21.9 Å². The van der Waals surface area contributed by atoms with Crippen molar-refractivity contribution in [2.75, 3.05) is 88.7 Å². The SMILES string of the molecule is C=CC(=O)Nc1cc(C(=O)NCCOCCOCCN2C(=O)CC(SCCC(=O)N(C)[C@@H](C)C(=O)O[C@H]3CC(=O)N(C)c4cc(cc(OC)c4Cl)C/C(C)=C/C=C/[C@@H](OC)[C@@]4(O)C[C@H](OC(=O)N4)[C@@H](C)[C@@H]4O[C@@]34C)C2=O)cc(N2C(=O)C=CC2=O)c1. The second-order valence-electron chi connectivity index (χ2n) is 21.4. The van der Waals surface area contributed by atoms with E-state index in [2.05, 4.69) is 22.5 Å². The molecule has 3 fully saturated rings. The number of alkyl carbamates (subject to hydrolysis) is 1. The largest absolute Gasteiger partial charge is 0.495 e. The number of hydrogen-bond donors (Lipinski definition) is 4. The van der Waals surface area contributed by atoms with Gasteiger partial charge in [0.1, 0.15) is 40.7 Å². The van der Waals surface area contributed by atoms with Gasteiger partial charge in [-0.15, -0.1) is 11.8 Å². The Hall–Kier alpha value is -7.46. The molecule has 9 atom stereocenters. The van der Waals surface area contributed by atoms with E-state index in [-0.39, 0.29) is 86.5 Å². The Morgan fingerprint density at radius 3 is 2.40 bits per heavy atom. The molecule has 4 N–H and O–H groups in total. The molecule has 3 saturated heterocycles. The molecule has 5 aliphatic heterocycles. The number of imide groups is 2. The number of epoxide rings is 1. The molecule has 5 aliphatic rings. The number of amides is 9. The highest BCUT2D eigenvalue weighted by atomic mass is 35.5. The minimum absolute atomic E-state index is 0.0159. The number of allylic oxidation sites excluding steroid dienone is 3. The smallest absolute Gasteiger partial charge is 0.409 e. The van der Waals surface area contributed by atoms with Crippen LogP contribution in [0.15, 0.2) is 78.9 Å². The van der Waals surface area contributed by atoms with Gasteiger partial charge in [-0.3, -0.25) is 48.6 Å². The lowest BCUT2D eigenvalue weighted by molar-refractivity contribution is -0.162. The lowest BCUT2D eigenvalue weighted by atomic mass is 9.83. The Morgan fingerprint density at radius 2 is 1.71 bits per heavy atom. The molecule has 9 amide bonds. The summed E-state index contributed by atoms with van der Waals surface area (Å²) in [5.41, 5.74) is -0.988. The summed E-state index contributed by atoms with van der Waals surface area (Å²) in [6.07, 6.45) is 3.18. The number of nitrogens with one attached hydrogen (secondary N) is 3. The highest BCUT2D eigenvalue weighted by Crippen LogP contribution is 2.49. The van der Waals surface area contributed by atoms with Crippen molar-refractivity contribution in [1.29, 1.82) is 0 Å². The molecular weight excluding hydrogens is 1160 g/mol. The number of ether oxygens (including phenoxy) is 7. The number of anilines is 3. The third-order valence-electron chi connectivity index (χ3n) is 15.4. The number of nitrogens with zero attached hydrogens (tertiary/aromatic N) is 4. The molecule has 0 aromatic heterocycles. The number of likely N-dealkylation sites (N-methyl/N-ethyl adjacent to an activating group) is 1. The van der Waals surface area contributed by atoms with E-state index in [4.69, 9.17) is 44.8 Å². The zero-order valence-electron chi connectivity index (χ0n) is 49.0. The molecule has 0 saturated carbocycles. The van der Waals surface area contributed by atoms with E-state index in [0.717, 1.165) is 50.9 Å². The molecule has 27 heteroatoms. The molecule has 7 rings (SSSR count). The number of hydrogen-bond acceptors (Lipinski definition) is 19. The fourth-order valence-electron chi connectivity index (χ4n) is 10.3. The Labute approximate surface area is 506 Å². The Balaban J connectivity index is 0.886. The Morgan fingerprint density at radius 1 is 1.00 bits per heavy atom. The highest BCUT2D eigenvalue weighted by molar-refractivity contribution is 8.00. The summed E-state index contributed by atoms with van der Waals surface area (Å²) in [5.74, 6) is -5.20. The first-order valence-electron chi connectivity index (χ1n) is 27.7. The van der Waals surface area contributed by atoms with E-state index in [1.165, 1.54) is 63.2 Å². The van der Waals surface area contributed by atoms with Crippen molar-refractivity contribution in [3.05, 3.63) is 95.1 Å². The number of aliphatic hydroxyl groups is 1. The van der Waals surface area contributed by atoms with Crippen LogP contribution in [0.1, 0.15) is 69.3 Å². The first kappa shape index (κ1) is 66.1. The lowest BCUT2D eigenvalue weighted by Crippen LogP contribution is -2.63. The molecule has 25 nitrogen and oxygen atoms in total. The Bertz CT molecular complexity index is 3080. The van der Waals surface area contributed by atoms with Gasteiger partial charge in [0.15, 0.2) is 5.72 Å². The monoisotopic (exact) mass is 1230 g/mol. The van der Waals surface area contributed by atoms with E-state index in [1.807, 2.05) is 13.0 Å². The van der Waals surface area contributed by atoms with Crippen LogP contribution < -0.4 is 30.5 Å². The van der Waals surface area contributed by atoms with Gasteiger partial charge in [-0.05, 0) is 69.2 Å². The van der Waals surface area contributed by atoms with Gasteiger partial charge in [0.05, 0.1) is 69.2 Å². The number of thioether (sulfide) groups is 1. The van der Waals surface area contributed by atoms with Crippen LogP contribution >= 0.6 is 23.4 Å². The first-order chi connectivity index (χ1) is 40.8. The molecule has 464 valence electrons. The molecule has 2 aromatic carbocycles. The summed E-state index contributed by atoms with van der Waals surface area (Å²) in [5, 5.41) is 19.0. The normalized spacial score (nSPS) is 26.2. The van der Waals surface area contributed by atoms with Crippen molar-refractivity contribution in [2.24, 2.45) is 5.92 Å². The van der Waals surface area contributed by atoms with E-state index in [0.29, 0.717) is 17.9 Å². The summed E-state index contributed by atoms with van der Waals surface area (Å²) < 4.78 is 40.6. The second-order valence-corrected chi connectivity index (χ2v) is 23.1. The molecule has 0 spiro atoms. The van der Waals surface area contributed by atoms with Gasteiger partial charge in [-0.1, -0.05) is 48.9 Å². The summed E-state index contributed by atoms with van der Waals surface area (Å²) in [6, 6.07) is 6.41. The number of likely N-dealkylation sites (tertiary alicyclic amines) is 1. The van der Waals surface area contributed by atoms with Crippen LogP contribution in [0.5, 0.6) is 5.75 Å². The van der Waals surface area contributed by atoms with Gasteiger partial charge in [-0.2, -0.15) is 0 Å². The number of halogens is 1. The molecule has 4 bridgehead atoms. The zero-order chi connectivity index (χ0) is 62.8. The number of methoxy groups -OCH3 is 2. The van der Waals surface area contributed by atoms with E-state index in [9.17, 15) is 53.1 Å². The molecule has 1 unspecified atom stereocenters. The Kier molecular flexibility index (Phi) is 22.1. The molecule has 0 aliphatic carbocycles. The third kappa shape index (κ3) is 15.7. The average Bonchev–Trinajstić information content (AvgIpc) is 1.61. The zero-order valence-corrected chi connectivity index (χ0v) is 50.6. The average molecular weight is 1230 g/mol. The lowest BCUT2D eigenvalue weighted by Gasteiger charge is -2.42. The third-order valence-corrected chi connectivity index (χ3v) is 17.0. The number of carbonyl (C=O) groups is 10. The predicted molar refractivity (Wildman–Crippen MR) is 314 cm³/mol. The van der Waals surface area contributed by atoms with Gasteiger partial charge in [0.25, 0.3) is 17.7 Å². The fourth-order valence-corrected chi connectivity index (χ4v) is 11.7. The summed E-state index contributed by atoms with van der Waals surface area (Å²) in [6.45, 7) is 10.5. The molecule has 0 radical (unpaired) electrons. The van der Waals surface area contributed by atoms with E-state index >= 15 is 0 Å². The van der Waals surface area contributed by atoms with Gasteiger partial charge in [0.2, 0.25) is 29.5 Å². The standard InChI is InChI=1S/C59H72ClN7O18S/c1-10-46(68)62-38-27-37(28-39(29-38)67-48(70)14-15-49(67)71)54(74)61-17-19-81-21-22-82-20-18-66-51(73)30-43(55(66)75)86-23-16-47(69)64(6)35(4)56(76)84-45-31-50(72)65(7)40-25-36(26-41(79-8)52(40)60)24-33(2)12-11-13-44(80-9)59(78)32-42(83-57(77)63-59)34(3)53-58(45,5)85-53/h10-15,25-29,34-35,42-45,53,78H,1,16-24,30-32H2,2-9H3,(H,61,74)(H,62,68)(H,63,77)/b13-11+,33-12+/t34-,35+,42+,43?,44-,45+,53+,58+,59+/m1/s1. The molecule has 2 aromatic rings. The van der Waals surface area contributed by atoms with Crippen LogP contribution in [-0.4, -0.2) is 195 Å². The van der Waals surface area contributed by atoms with Crippen LogP contribution in [0.3, 0.4) is 0 Å². The summed E-state index contributed by atoms with van der Waals surface area (Å²) in [4.78, 5) is 136. The molecule has 5 heterocycles. The maximum atomic E-state index is 14.4. The van der Waals surface area contributed by atoms with E-state index in [1.54, 1.807) is 38.1 Å². The quantitative estimate of drug-likeness (QED) is 0.0429. The summed E-state index contributed by atoms with van der Waals surface area (Å²) in [7, 11) is 5.81. The van der Waals surface area contributed by atoms with Crippen molar-refractivity contribution >= 4 is 99.7 Å². The second kappa shape index (κ2) is 28.8. The maximum absolute atomic E-state index is 14.4. The van der Waals surface area contributed by atoms with Gasteiger partial charge in [0, 0.05) is 82.1 Å². The van der Waals surface area contributed by atoms with Crippen molar-refractivity contribution < 1.29 is 86.2 Å². The van der Waals surface area contributed by atoms with Crippen molar-refractivity contribution in [3.8, 4) is 5.75 Å². The first-order valence-corrected chi connectivity index (χ1v) is 29.1. The minimum atomic E-state index is -1.90. The minimum Gasteiger partial charge on any atom is -0.495 e. The number of rotatable bonds is 22. The maximum Gasteiger partial charge on any atom is 0.409 e. The van der Waals surface area contributed by atoms with Gasteiger partial charge >= 0.3 is 12.1 Å². The topological polar surface area (TPSA) is 308 Å². The summed E-state index contributed by atoms with van der Waals surface area (Å²) >= 11 is 7.95. The van der Waals surface area contributed by atoms with Gasteiger partial charge < -0.3 is 58.7 Å². The number of benzene rings is 2. The number of fused-ring (bicyclic) bond motifs is 5. The predicted octanol–water partition coefficient (Wildman–Crippen LogP) is 3.78. The van der Waals surface area contributed by atoms with Crippen molar-refractivity contribution in [2.45, 2.75) is 107 Å². The van der Waals surface area contributed by atoms with Crippen LogP contribution in [0.2, 0.25) is 5.02 Å². The number of esters is 1. The van der Waals surface area contributed by atoms with Crippen molar-refractivity contribution in [1.82, 2.24) is 20.4 Å². The molecular formula is C59H72ClN7O18S. The van der Waals surface area contributed by atoms with Crippen LogP contribution in [0, 0.1) is 5.92 Å². The van der Waals surface area contributed by atoms with Gasteiger partial charge in [-0.25, -0.2) is 14.5 Å². The fraction of sp³-hybridized carbons (Fsp3) is 0.492. The highest BCUT2D eigenvalue weighted by Gasteiger charge is 2.64. The van der Waals surface area contributed by atoms with E-state index < -0.39 is 119 Å². The number of carbonyl (C=O) groups excluding carboxylic acids is 10. The van der Waals surface area contributed by atoms with Crippen LogP contribution in [0.25, 0.3) is 0 Å². The molecule has 86 heavy (non-hydrogen) atoms.